The van der Waals surface area contributed by atoms with Gasteiger partial charge in [0.15, 0.2) is 0 Å². The Labute approximate surface area is 91.7 Å². The Morgan fingerprint density at radius 3 is 2.50 bits per heavy atom. The minimum absolute atomic E-state index is 0.0312. The second-order valence-electron chi connectivity index (χ2n) is 3.39. The molecule has 5 heteroatoms. The van der Waals surface area contributed by atoms with Crippen molar-refractivity contribution in [3.05, 3.63) is 47.7 Å². The van der Waals surface area contributed by atoms with E-state index in [1.807, 2.05) is 0 Å². The Kier molecular flexibility index (Phi) is 2.85. The zero-order valence-corrected chi connectivity index (χ0v) is 8.74. The smallest absolute Gasteiger partial charge is 0.131 e. The number of hydrogen-bond donors (Lipinski definition) is 1. The van der Waals surface area contributed by atoms with Crippen molar-refractivity contribution >= 4 is 5.82 Å². The van der Waals surface area contributed by atoms with Crippen molar-refractivity contribution in [2.45, 2.75) is 6.54 Å². The SMILES string of the molecule is Cn1nccc1NCc1c(F)cccc1F. The quantitative estimate of drug-likeness (QED) is 0.865. The lowest BCUT2D eigenvalue weighted by Crippen LogP contribution is -2.07. The van der Waals surface area contributed by atoms with E-state index in [9.17, 15) is 8.78 Å². The molecule has 0 radical (unpaired) electrons. The molecular weight excluding hydrogens is 212 g/mol. The lowest BCUT2D eigenvalue weighted by atomic mass is 10.2. The normalized spacial score (nSPS) is 10.4. The van der Waals surface area contributed by atoms with Crippen molar-refractivity contribution in [2.75, 3.05) is 5.32 Å². The van der Waals surface area contributed by atoms with E-state index in [2.05, 4.69) is 10.4 Å². The summed E-state index contributed by atoms with van der Waals surface area (Å²) in [6, 6.07) is 5.56. The average Bonchev–Trinajstić information content (AvgIpc) is 2.64. The lowest BCUT2D eigenvalue weighted by Gasteiger charge is -2.08. The maximum Gasteiger partial charge on any atom is 0.131 e. The molecule has 1 aromatic heterocycles. The van der Waals surface area contributed by atoms with Crippen LogP contribution < -0.4 is 5.32 Å². The fourth-order valence-electron chi connectivity index (χ4n) is 1.43. The van der Waals surface area contributed by atoms with Crippen LogP contribution in [0.1, 0.15) is 5.56 Å². The number of aromatic nitrogens is 2. The summed E-state index contributed by atoms with van der Waals surface area (Å²) in [5.74, 6) is -0.382. The monoisotopic (exact) mass is 223 g/mol. The van der Waals surface area contributed by atoms with Crippen molar-refractivity contribution in [1.29, 1.82) is 0 Å². The van der Waals surface area contributed by atoms with Crippen LogP contribution in [-0.2, 0) is 13.6 Å². The molecule has 1 heterocycles. The zero-order valence-electron chi connectivity index (χ0n) is 8.74. The van der Waals surface area contributed by atoms with Gasteiger partial charge in [0.2, 0.25) is 0 Å². The molecule has 16 heavy (non-hydrogen) atoms. The number of nitrogens with zero attached hydrogens (tertiary/aromatic N) is 2. The lowest BCUT2D eigenvalue weighted by molar-refractivity contribution is 0.559. The van der Waals surface area contributed by atoms with Crippen LogP contribution in [0, 0.1) is 11.6 Å². The highest BCUT2D eigenvalue weighted by Gasteiger charge is 2.08. The second-order valence-corrected chi connectivity index (χ2v) is 3.39. The second kappa shape index (κ2) is 4.30. The van der Waals surface area contributed by atoms with Crippen molar-refractivity contribution in [1.82, 2.24) is 9.78 Å². The third kappa shape index (κ3) is 2.03. The minimum Gasteiger partial charge on any atom is -0.366 e. The molecule has 0 amide bonds. The summed E-state index contributed by atoms with van der Waals surface area (Å²) >= 11 is 0. The van der Waals surface area contributed by atoms with E-state index in [-0.39, 0.29) is 12.1 Å². The molecule has 0 spiro atoms. The molecule has 3 nitrogen and oxygen atoms in total. The Hall–Kier alpha value is -1.91. The van der Waals surface area contributed by atoms with Gasteiger partial charge < -0.3 is 5.32 Å². The molecule has 2 rings (SSSR count). The van der Waals surface area contributed by atoms with E-state index < -0.39 is 11.6 Å². The zero-order chi connectivity index (χ0) is 11.5. The van der Waals surface area contributed by atoms with E-state index in [1.165, 1.54) is 18.2 Å². The van der Waals surface area contributed by atoms with Crippen molar-refractivity contribution in [3.63, 3.8) is 0 Å². The van der Waals surface area contributed by atoms with Crippen LogP contribution in [0.25, 0.3) is 0 Å². The topological polar surface area (TPSA) is 29.9 Å². The van der Waals surface area contributed by atoms with Crippen LogP contribution in [-0.4, -0.2) is 9.78 Å². The first-order chi connectivity index (χ1) is 7.68. The Morgan fingerprint density at radius 2 is 1.94 bits per heavy atom. The van der Waals surface area contributed by atoms with Gasteiger partial charge in [0.05, 0.1) is 6.20 Å². The maximum absolute atomic E-state index is 13.3. The first-order valence-corrected chi connectivity index (χ1v) is 4.83. The van der Waals surface area contributed by atoms with E-state index in [0.29, 0.717) is 5.82 Å². The summed E-state index contributed by atoms with van der Waals surface area (Å²) in [6.07, 6.45) is 1.61. The van der Waals surface area contributed by atoms with Gasteiger partial charge in [-0.3, -0.25) is 4.68 Å². The van der Waals surface area contributed by atoms with Gasteiger partial charge in [0, 0.05) is 25.2 Å². The summed E-state index contributed by atoms with van der Waals surface area (Å²) in [7, 11) is 1.75. The van der Waals surface area contributed by atoms with Crippen LogP contribution in [0.3, 0.4) is 0 Å². The van der Waals surface area contributed by atoms with Gasteiger partial charge in [-0.25, -0.2) is 8.78 Å². The maximum atomic E-state index is 13.3. The highest BCUT2D eigenvalue weighted by Crippen LogP contribution is 2.14. The van der Waals surface area contributed by atoms with Crippen LogP contribution >= 0.6 is 0 Å². The highest BCUT2D eigenvalue weighted by atomic mass is 19.1. The molecule has 0 aliphatic carbocycles. The third-order valence-corrected chi connectivity index (χ3v) is 2.33. The van der Waals surface area contributed by atoms with E-state index in [1.54, 1.807) is 24.0 Å². The van der Waals surface area contributed by atoms with Crippen molar-refractivity contribution in [2.24, 2.45) is 7.05 Å². The minimum atomic E-state index is -0.547. The molecule has 84 valence electrons. The standard InChI is InChI=1S/C11H11F2N3/c1-16-11(5-6-15-16)14-7-8-9(12)3-2-4-10(8)13/h2-6,14H,7H2,1H3. The average molecular weight is 223 g/mol. The van der Waals surface area contributed by atoms with E-state index >= 15 is 0 Å². The van der Waals surface area contributed by atoms with Crippen LogP contribution in [0.5, 0.6) is 0 Å². The fraction of sp³-hybridized carbons (Fsp3) is 0.182. The van der Waals surface area contributed by atoms with Gasteiger partial charge >= 0.3 is 0 Å². The first-order valence-electron chi connectivity index (χ1n) is 4.83. The van der Waals surface area contributed by atoms with Gasteiger partial charge in [-0.2, -0.15) is 5.10 Å². The highest BCUT2D eigenvalue weighted by molar-refractivity contribution is 5.35. The van der Waals surface area contributed by atoms with Crippen LogP contribution in [0.15, 0.2) is 30.5 Å². The van der Waals surface area contributed by atoms with Crippen molar-refractivity contribution < 1.29 is 8.78 Å². The molecule has 2 aromatic rings. The van der Waals surface area contributed by atoms with Crippen LogP contribution in [0.4, 0.5) is 14.6 Å². The molecule has 1 N–H and O–H groups in total. The number of hydrogen-bond acceptors (Lipinski definition) is 2. The third-order valence-electron chi connectivity index (χ3n) is 2.33. The number of nitrogens with one attached hydrogen (secondary N) is 1. The number of halogens is 2. The molecular formula is C11H11F2N3. The molecule has 0 bridgehead atoms. The van der Waals surface area contributed by atoms with Gasteiger partial charge in [-0.15, -0.1) is 0 Å². The predicted molar refractivity (Wildman–Crippen MR) is 56.9 cm³/mol. The molecule has 0 aliphatic heterocycles. The first kappa shape index (κ1) is 10.6. The predicted octanol–water partition coefficient (Wildman–Crippen LogP) is 2.31. The van der Waals surface area contributed by atoms with Crippen molar-refractivity contribution in [3.8, 4) is 0 Å². The molecule has 0 saturated heterocycles. The van der Waals surface area contributed by atoms with Gasteiger partial charge in [-0.1, -0.05) is 6.07 Å². The van der Waals surface area contributed by atoms with Gasteiger partial charge in [0.1, 0.15) is 17.5 Å². The Balaban J connectivity index is 2.14. The molecule has 0 fully saturated rings. The molecule has 0 atom stereocenters. The summed E-state index contributed by atoms with van der Waals surface area (Å²) in [5, 5.41) is 6.85. The number of rotatable bonds is 3. The fourth-order valence-corrected chi connectivity index (χ4v) is 1.43. The molecule has 0 saturated carbocycles. The van der Waals surface area contributed by atoms with Gasteiger partial charge in [0.25, 0.3) is 0 Å². The molecule has 0 aliphatic rings. The number of benzene rings is 1. The summed E-state index contributed by atoms with van der Waals surface area (Å²) < 4.78 is 28.2. The Bertz CT molecular complexity index is 473. The summed E-state index contributed by atoms with van der Waals surface area (Å²) in [6.45, 7) is 0.0953. The van der Waals surface area contributed by atoms with Gasteiger partial charge in [-0.05, 0) is 12.1 Å². The molecule has 1 aromatic carbocycles. The number of anilines is 1. The Morgan fingerprint density at radius 1 is 1.25 bits per heavy atom. The van der Waals surface area contributed by atoms with E-state index in [4.69, 9.17) is 0 Å². The van der Waals surface area contributed by atoms with Crippen LogP contribution in [0.2, 0.25) is 0 Å². The largest absolute Gasteiger partial charge is 0.366 e. The summed E-state index contributed by atoms with van der Waals surface area (Å²) in [4.78, 5) is 0. The van der Waals surface area contributed by atoms with E-state index in [0.717, 1.165) is 0 Å². The molecule has 0 unspecified atom stereocenters. The summed E-state index contributed by atoms with van der Waals surface area (Å²) in [5.41, 5.74) is 0.0312. The number of aryl methyl sites for hydroxylation is 1.